The maximum atomic E-state index is 12.0. The molecule has 12 heavy (non-hydrogen) atoms. The third-order valence-electron chi connectivity index (χ3n) is 1.19. The average molecular weight is 176 g/mol. The van der Waals surface area contributed by atoms with Crippen molar-refractivity contribution in [2.24, 2.45) is 0 Å². The highest BCUT2D eigenvalue weighted by molar-refractivity contribution is 5.28. The van der Waals surface area contributed by atoms with Gasteiger partial charge in [0.25, 0.3) is 0 Å². The SMILES string of the molecule is C=C(C)/C=C\C(=C\C)C(F)(F)F. The molecule has 0 aromatic rings. The summed E-state index contributed by atoms with van der Waals surface area (Å²) in [6.07, 6.45) is -0.884. The molecule has 0 saturated carbocycles. The molecule has 0 amide bonds. The number of hydrogen-bond acceptors (Lipinski definition) is 0. The number of hydrogen-bond donors (Lipinski definition) is 0. The van der Waals surface area contributed by atoms with E-state index in [0.29, 0.717) is 5.57 Å². The van der Waals surface area contributed by atoms with Gasteiger partial charge in [-0.15, -0.1) is 0 Å². The number of rotatable bonds is 2. The average Bonchev–Trinajstić information content (AvgIpc) is 1.85. The van der Waals surface area contributed by atoms with Gasteiger partial charge in [0.1, 0.15) is 0 Å². The van der Waals surface area contributed by atoms with Crippen LogP contribution in [0.3, 0.4) is 0 Å². The Bertz CT molecular complexity index is 218. The first-order valence-corrected chi connectivity index (χ1v) is 3.45. The molecule has 0 atom stereocenters. The second-order valence-corrected chi connectivity index (χ2v) is 2.42. The predicted molar refractivity (Wildman–Crippen MR) is 43.8 cm³/mol. The zero-order valence-corrected chi connectivity index (χ0v) is 7.07. The van der Waals surface area contributed by atoms with E-state index in [9.17, 15) is 13.2 Å². The third-order valence-corrected chi connectivity index (χ3v) is 1.19. The van der Waals surface area contributed by atoms with Crippen molar-refractivity contribution < 1.29 is 13.2 Å². The molecule has 0 heterocycles. The number of halogens is 3. The fourth-order valence-electron chi connectivity index (χ4n) is 0.586. The largest absolute Gasteiger partial charge is 0.416 e. The molecule has 0 N–H and O–H groups in total. The Hall–Kier alpha value is -0.990. The number of alkyl halides is 3. The van der Waals surface area contributed by atoms with Crippen LogP contribution >= 0.6 is 0 Å². The maximum absolute atomic E-state index is 12.0. The number of allylic oxidation sites excluding steroid dienone is 5. The highest BCUT2D eigenvalue weighted by Crippen LogP contribution is 2.26. The van der Waals surface area contributed by atoms with Crippen molar-refractivity contribution in [3.8, 4) is 0 Å². The minimum Gasteiger partial charge on any atom is -0.166 e. The van der Waals surface area contributed by atoms with Crippen LogP contribution in [0.2, 0.25) is 0 Å². The molecular weight excluding hydrogens is 165 g/mol. The Morgan fingerprint density at radius 3 is 2.00 bits per heavy atom. The van der Waals surface area contributed by atoms with Crippen molar-refractivity contribution in [3.63, 3.8) is 0 Å². The van der Waals surface area contributed by atoms with E-state index < -0.39 is 11.7 Å². The van der Waals surface area contributed by atoms with Crippen LogP contribution in [0, 0.1) is 0 Å². The molecule has 68 valence electrons. The molecule has 0 saturated heterocycles. The van der Waals surface area contributed by atoms with Gasteiger partial charge in [-0.2, -0.15) is 13.2 Å². The van der Waals surface area contributed by atoms with Gasteiger partial charge in [-0.3, -0.25) is 0 Å². The van der Waals surface area contributed by atoms with Gasteiger partial charge in [0.05, 0.1) is 5.57 Å². The molecule has 0 aromatic heterocycles. The van der Waals surface area contributed by atoms with E-state index in [4.69, 9.17) is 0 Å². The van der Waals surface area contributed by atoms with Crippen molar-refractivity contribution >= 4 is 0 Å². The summed E-state index contributed by atoms with van der Waals surface area (Å²) in [5.41, 5.74) is -0.0518. The third kappa shape index (κ3) is 4.01. The Balaban J connectivity index is 4.53. The quantitative estimate of drug-likeness (QED) is 0.563. The fourth-order valence-corrected chi connectivity index (χ4v) is 0.586. The maximum Gasteiger partial charge on any atom is 0.416 e. The molecule has 0 aromatic carbocycles. The normalized spacial score (nSPS) is 13.9. The summed E-state index contributed by atoms with van der Waals surface area (Å²) in [6, 6.07) is 0. The van der Waals surface area contributed by atoms with Gasteiger partial charge in [-0.05, 0) is 13.8 Å². The van der Waals surface area contributed by atoms with Crippen LogP contribution in [-0.2, 0) is 0 Å². The second kappa shape index (κ2) is 4.14. The van der Waals surface area contributed by atoms with E-state index >= 15 is 0 Å². The molecule has 0 unspecified atom stereocenters. The summed E-state index contributed by atoms with van der Waals surface area (Å²) in [6.45, 7) is 6.45. The van der Waals surface area contributed by atoms with E-state index in [2.05, 4.69) is 6.58 Å². The first-order chi connectivity index (χ1) is 5.38. The molecule has 0 aliphatic rings. The Labute approximate surface area is 70.1 Å². The van der Waals surface area contributed by atoms with Crippen molar-refractivity contribution in [2.45, 2.75) is 20.0 Å². The lowest BCUT2D eigenvalue weighted by molar-refractivity contribution is -0.0883. The van der Waals surface area contributed by atoms with Crippen LogP contribution < -0.4 is 0 Å². The molecule has 3 heteroatoms. The summed E-state index contributed by atoms with van der Waals surface area (Å²) >= 11 is 0. The summed E-state index contributed by atoms with van der Waals surface area (Å²) in [5.74, 6) is 0. The summed E-state index contributed by atoms with van der Waals surface area (Å²) < 4.78 is 36.1. The molecule has 0 radical (unpaired) electrons. The second-order valence-electron chi connectivity index (χ2n) is 2.42. The monoisotopic (exact) mass is 176 g/mol. The van der Waals surface area contributed by atoms with E-state index in [1.165, 1.54) is 13.0 Å². The van der Waals surface area contributed by atoms with Gasteiger partial charge in [0.15, 0.2) is 0 Å². The minimum absolute atomic E-state index is 0.596. The smallest absolute Gasteiger partial charge is 0.166 e. The predicted octanol–water partition coefficient (Wildman–Crippen LogP) is 3.63. The van der Waals surface area contributed by atoms with Crippen LogP contribution in [0.1, 0.15) is 13.8 Å². The lowest BCUT2D eigenvalue weighted by atomic mass is 10.2. The molecule has 0 nitrogen and oxygen atoms in total. The van der Waals surface area contributed by atoms with E-state index in [0.717, 1.165) is 12.2 Å². The first kappa shape index (κ1) is 11.0. The van der Waals surface area contributed by atoms with Crippen molar-refractivity contribution in [1.29, 1.82) is 0 Å². The minimum atomic E-state index is -4.26. The molecule has 0 aliphatic carbocycles. The van der Waals surface area contributed by atoms with Crippen molar-refractivity contribution in [3.05, 3.63) is 36.0 Å². The zero-order chi connectivity index (χ0) is 9.78. The van der Waals surface area contributed by atoms with E-state index in [1.807, 2.05) is 0 Å². The molecular formula is C9H11F3. The van der Waals surface area contributed by atoms with E-state index in [-0.39, 0.29) is 0 Å². The molecule has 0 aliphatic heterocycles. The highest BCUT2D eigenvalue weighted by atomic mass is 19.4. The van der Waals surface area contributed by atoms with Crippen LogP contribution in [0.25, 0.3) is 0 Å². The van der Waals surface area contributed by atoms with Crippen LogP contribution in [0.4, 0.5) is 13.2 Å². The van der Waals surface area contributed by atoms with Gasteiger partial charge in [0.2, 0.25) is 0 Å². The van der Waals surface area contributed by atoms with Gasteiger partial charge >= 0.3 is 6.18 Å². The summed E-state index contributed by atoms with van der Waals surface area (Å²) in [7, 11) is 0. The standard InChI is InChI=1S/C9H11F3/c1-4-8(9(10,11)12)6-5-7(2)3/h4-6H,2H2,1,3H3/b6-5-,8-4-. The van der Waals surface area contributed by atoms with Gasteiger partial charge in [-0.25, -0.2) is 0 Å². The van der Waals surface area contributed by atoms with Gasteiger partial charge in [-0.1, -0.05) is 30.4 Å². The van der Waals surface area contributed by atoms with Crippen LogP contribution in [0.15, 0.2) is 36.0 Å². The molecule has 0 spiro atoms. The zero-order valence-electron chi connectivity index (χ0n) is 7.07. The highest BCUT2D eigenvalue weighted by Gasteiger charge is 2.30. The summed E-state index contributed by atoms with van der Waals surface area (Å²) in [4.78, 5) is 0. The van der Waals surface area contributed by atoms with Crippen molar-refractivity contribution in [2.75, 3.05) is 0 Å². The topological polar surface area (TPSA) is 0 Å². The van der Waals surface area contributed by atoms with Crippen molar-refractivity contribution in [1.82, 2.24) is 0 Å². The Kier molecular flexibility index (Phi) is 3.80. The molecule has 0 fully saturated rings. The van der Waals surface area contributed by atoms with E-state index in [1.54, 1.807) is 6.92 Å². The molecule has 0 bridgehead atoms. The molecule has 0 rings (SSSR count). The summed E-state index contributed by atoms with van der Waals surface area (Å²) in [5, 5.41) is 0. The Morgan fingerprint density at radius 1 is 1.25 bits per heavy atom. The first-order valence-electron chi connectivity index (χ1n) is 3.45. The van der Waals surface area contributed by atoms with Gasteiger partial charge in [0, 0.05) is 0 Å². The lowest BCUT2D eigenvalue weighted by Gasteiger charge is -2.05. The fraction of sp³-hybridized carbons (Fsp3) is 0.333. The van der Waals surface area contributed by atoms with Crippen LogP contribution in [0.5, 0.6) is 0 Å². The van der Waals surface area contributed by atoms with Gasteiger partial charge < -0.3 is 0 Å². The lowest BCUT2D eigenvalue weighted by Crippen LogP contribution is -2.09. The van der Waals surface area contributed by atoms with Crippen LogP contribution in [-0.4, -0.2) is 6.18 Å². The Morgan fingerprint density at radius 2 is 1.75 bits per heavy atom.